The predicted octanol–water partition coefficient (Wildman–Crippen LogP) is 2.21. The van der Waals surface area contributed by atoms with Crippen LogP contribution in [0.4, 0.5) is 0 Å². The average molecular weight is 202 g/mol. The van der Waals surface area contributed by atoms with Crippen LogP contribution in [0.15, 0.2) is 18.7 Å². The van der Waals surface area contributed by atoms with E-state index in [4.69, 9.17) is 5.11 Å². The molecule has 0 aliphatic carbocycles. The van der Waals surface area contributed by atoms with Crippen molar-refractivity contribution in [2.24, 2.45) is 0 Å². The van der Waals surface area contributed by atoms with Crippen LogP contribution < -0.4 is 0 Å². The molecule has 0 saturated heterocycles. The molecule has 2 rings (SSSR count). The monoisotopic (exact) mass is 202 g/mol. The molecule has 0 radical (unpaired) electrons. The number of aromatic amines is 1. The summed E-state index contributed by atoms with van der Waals surface area (Å²) in [6.07, 6.45) is 1.68. The molecule has 0 unspecified atom stereocenters. The normalized spacial score (nSPS) is 10.5. The van der Waals surface area contributed by atoms with Gasteiger partial charge in [0.05, 0.1) is 0 Å². The summed E-state index contributed by atoms with van der Waals surface area (Å²) in [5.41, 5.74) is 2.67. The van der Waals surface area contributed by atoms with E-state index < -0.39 is 5.97 Å². The third kappa shape index (κ3) is 1.30. The second-order valence-corrected chi connectivity index (χ2v) is 3.30. The van der Waals surface area contributed by atoms with Crippen molar-refractivity contribution < 1.29 is 9.90 Å². The first kappa shape index (κ1) is 9.45. The van der Waals surface area contributed by atoms with Gasteiger partial charge in [-0.3, -0.25) is 5.10 Å². The molecular weight excluding hydrogens is 192 g/mol. The number of rotatable bonds is 2. The molecule has 0 bridgehead atoms. The van der Waals surface area contributed by atoms with Gasteiger partial charge in [0.25, 0.3) is 0 Å². The largest absolute Gasteiger partial charge is 0.477 e. The Morgan fingerprint density at radius 3 is 2.93 bits per heavy atom. The van der Waals surface area contributed by atoms with Crippen LogP contribution in [0.1, 0.15) is 21.6 Å². The van der Waals surface area contributed by atoms with Gasteiger partial charge in [-0.15, -0.1) is 0 Å². The molecule has 1 aromatic heterocycles. The van der Waals surface area contributed by atoms with Crippen LogP contribution in [-0.2, 0) is 0 Å². The van der Waals surface area contributed by atoms with Crippen molar-refractivity contribution >= 4 is 22.9 Å². The minimum absolute atomic E-state index is 0.119. The van der Waals surface area contributed by atoms with E-state index in [-0.39, 0.29) is 5.69 Å². The Labute approximate surface area is 86.2 Å². The van der Waals surface area contributed by atoms with Gasteiger partial charge in [-0.2, -0.15) is 5.10 Å². The minimum Gasteiger partial charge on any atom is -0.477 e. The third-order valence-electron chi connectivity index (χ3n) is 2.40. The maximum absolute atomic E-state index is 10.9. The van der Waals surface area contributed by atoms with Crippen molar-refractivity contribution in [1.29, 1.82) is 0 Å². The highest BCUT2D eigenvalue weighted by molar-refractivity contribution is 6.03. The van der Waals surface area contributed by atoms with Crippen molar-refractivity contribution in [2.75, 3.05) is 0 Å². The lowest BCUT2D eigenvalue weighted by Gasteiger charge is -2.00. The number of aryl methyl sites for hydroxylation is 1. The van der Waals surface area contributed by atoms with Gasteiger partial charge in [0.2, 0.25) is 0 Å². The lowest BCUT2D eigenvalue weighted by molar-refractivity contribution is 0.0692. The van der Waals surface area contributed by atoms with E-state index in [0.717, 1.165) is 11.1 Å². The molecule has 0 atom stereocenters. The molecule has 76 valence electrons. The van der Waals surface area contributed by atoms with E-state index >= 15 is 0 Å². The number of carboxylic acids is 1. The number of carboxylic acid groups (broad SMARTS) is 1. The van der Waals surface area contributed by atoms with Crippen molar-refractivity contribution in [1.82, 2.24) is 10.2 Å². The molecule has 0 amide bonds. The maximum Gasteiger partial charge on any atom is 0.354 e. The van der Waals surface area contributed by atoms with Crippen molar-refractivity contribution in [3.63, 3.8) is 0 Å². The Hall–Kier alpha value is -2.10. The summed E-state index contributed by atoms with van der Waals surface area (Å²) >= 11 is 0. The highest BCUT2D eigenvalue weighted by atomic mass is 16.4. The van der Waals surface area contributed by atoms with Crippen molar-refractivity contribution in [3.8, 4) is 0 Å². The van der Waals surface area contributed by atoms with Crippen molar-refractivity contribution in [2.45, 2.75) is 6.92 Å². The molecule has 4 heteroatoms. The predicted molar refractivity (Wildman–Crippen MR) is 57.9 cm³/mol. The number of benzene rings is 1. The number of hydrogen-bond acceptors (Lipinski definition) is 2. The maximum atomic E-state index is 10.9. The number of hydrogen-bond donors (Lipinski definition) is 2. The summed E-state index contributed by atoms with van der Waals surface area (Å²) < 4.78 is 0. The average Bonchev–Trinajstić information content (AvgIpc) is 2.61. The van der Waals surface area contributed by atoms with E-state index in [1.165, 1.54) is 0 Å². The van der Waals surface area contributed by atoms with Crippen LogP contribution in [0.5, 0.6) is 0 Å². The Morgan fingerprint density at radius 1 is 1.60 bits per heavy atom. The summed E-state index contributed by atoms with van der Waals surface area (Å²) in [6, 6.07) is 3.62. The fraction of sp³-hybridized carbons (Fsp3) is 0.0909. The van der Waals surface area contributed by atoms with E-state index in [9.17, 15) is 4.79 Å². The number of fused-ring (bicyclic) bond motifs is 1. The van der Waals surface area contributed by atoms with E-state index in [1.807, 2.05) is 13.0 Å². The summed E-state index contributed by atoms with van der Waals surface area (Å²) in [6.45, 7) is 5.63. The zero-order valence-corrected chi connectivity index (χ0v) is 8.24. The van der Waals surface area contributed by atoms with Gasteiger partial charge in [0.1, 0.15) is 5.52 Å². The highest BCUT2D eigenvalue weighted by Gasteiger charge is 2.14. The molecule has 0 aliphatic heterocycles. The molecule has 2 N–H and O–H groups in total. The lowest BCUT2D eigenvalue weighted by atomic mass is 10.0. The minimum atomic E-state index is -1.00. The third-order valence-corrected chi connectivity index (χ3v) is 2.40. The first-order valence-electron chi connectivity index (χ1n) is 4.48. The van der Waals surface area contributed by atoms with Gasteiger partial charge in [-0.25, -0.2) is 4.79 Å². The number of nitrogens with one attached hydrogen (secondary N) is 1. The number of nitrogens with zero attached hydrogens (tertiary/aromatic N) is 1. The fourth-order valence-corrected chi connectivity index (χ4v) is 1.62. The molecule has 4 nitrogen and oxygen atoms in total. The van der Waals surface area contributed by atoms with Gasteiger partial charge in [-0.05, 0) is 12.5 Å². The molecule has 0 aliphatic rings. The smallest absolute Gasteiger partial charge is 0.354 e. The first-order chi connectivity index (χ1) is 7.15. The molecule has 0 spiro atoms. The van der Waals surface area contributed by atoms with Gasteiger partial charge >= 0.3 is 5.97 Å². The Bertz CT molecular complexity index is 555. The molecular formula is C11H10N2O2. The standard InChI is InChI=1S/C11H10N2O2/c1-3-7-6(2)4-5-8-9(7)12-13-10(8)11(14)15/h3-5H,1H2,2H3,(H,12,13)(H,14,15). The summed E-state index contributed by atoms with van der Waals surface area (Å²) in [5.74, 6) is -1.00. The molecule has 15 heavy (non-hydrogen) atoms. The Morgan fingerprint density at radius 2 is 2.33 bits per heavy atom. The van der Waals surface area contributed by atoms with Gasteiger partial charge in [0.15, 0.2) is 5.69 Å². The SMILES string of the molecule is C=Cc1c(C)ccc2c(C(=O)O)[nH]nc12. The van der Waals surface area contributed by atoms with Gasteiger partial charge < -0.3 is 5.11 Å². The van der Waals surface area contributed by atoms with Gasteiger partial charge in [0, 0.05) is 10.9 Å². The molecule has 1 aromatic carbocycles. The number of aromatic carboxylic acids is 1. The van der Waals surface area contributed by atoms with Crippen LogP contribution in [0.25, 0.3) is 17.0 Å². The summed E-state index contributed by atoms with van der Waals surface area (Å²) in [4.78, 5) is 10.9. The molecule has 1 heterocycles. The fourth-order valence-electron chi connectivity index (χ4n) is 1.62. The zero-order valence-electron chi connectivity index (χ0n) is 8.24. The van der Waals surface area contributed by atoms with Crippen LogP contribution in [-0.4, -0.2) is 21.3 Å². The van der Waals surface area contributed by atoms with E-state index in [0.29, 0.717) is 10.9 Å². The Kier molecular flexibility index (Phi) is 2.04. The first-order valence-corrected chi connectivity index (χ1v) is 4.48. The van der Waals surface area contributed by atoms with Crippen LogP contribution in [0.3, 0.4) is 0 Å². The molecule has 2 aromatic rings. The lowest BCUT2D eigenvalue weighted by Crippen LogP contribution is -1.96. The second kappa shape index (κ2) is 3.24. The van der Waals surface area contributed by atoms with E-state index in [2.05, 4.69) is 16.8 Å². The topological polar surface area (TPSA) is 66.0 Å². The molecule has 0 fully saturated rings. The highest BCUT2D eigenvalue weighted by Crippen LogP contribution is 2.23. The van der Waals surface area contributed by atoms with Crippen LogP contribution in [0, 0.1) is 6.92 Å². The zero-order chi connectivity index (χ0) is 11.0. The van der Waals surface area contributed by atoms with Gasteiger partial charge in [-0.1, -0.05) is 24.8 Å². The van der Waals surface area contributed by atoms with Crippen molar-refractivity contribution in [3.05, 3.63) is 35.5 Å². The molecule has 0 saturated carbocycles. The quantitative estimate of drug-likeness (QED) is 0.784. The summed E-state index contributed by atoms with van der Waals surface area (Å²) in [7, 11) is 0. The van der Waals surface area contributed by atoms with Crippen LogP contribution in [0.2, 0.25) is 0 Å². The number of H-pyrrole nitrogens is 1. The number of aromatic nitrogens is 2. The van der Waals surface area contributed by atoms with Crippen LogP contribution >= 0.6 is 0 Å². The second-order valence-electron chi connectivity index (χ2n) is 3.30. The Balaban J connectivity index is 2.86. The number of carbonyl (C=O) groups is 1. The summed E-state index contributed by atoms with van der Waals surface area (Å²) in [5, 5.41) is 16.0. The van der Waals surface area contributed by atoms with E-state index in [1.54, 1.807) is 12.1 Å².